The van der Waals surface area contributed by atoms with Crippen LogP contribution in [0.5, 0.6) is 0 Å². The summed E-state index contributed by atoms with van der Waals surface area (Å²) in [5.41, 5.74) is 0. The molecule has 6 nitrogen and oxygen atoms in total. The Morgan fingerprint density at radius 1 is 0.850 bits per heavy atom. The van der Waals surface area contributed by atoms with Crippen molar-refractivity contribution < 1.29 is 19.2 Å². The van der Waals surface area contributed by atoms with Gasteiger partial charge in [0, 0.05) is 12.8 Å². The molecular weight excluding hydrogens is 260 g/mol. The lowest BCUT2D eigenvalue weighted by Gasteiger charge is -2.16. The molecule has 0 aliphatic heterocycles. The Balaban J connectivity index is 3.97. The van der Waals surface area contributed by atoms with Crippen LogP contribution in [0.2, 0.25) is 0 Å². The van der Waals surface area contributed by atoms with Gasteiger partial charge in [-0.15, -0.1) is 0 Å². The number of nitrogens with one attached hydrogen (secondary N) is 2. The van der Waals surface area contributed by atoms with Gasteiger partial charge in [0.2, 0.25) is 11.8 Å². The third-order valence-corrected chi connectivity index (χ3v) is 2.92. The molecule has 114 valence electrons. The van der Waals surface area contributed by atoms with Crippen molar-refractivity contribution in [2.24, 2.45) is 0 Å². The third kappa shape index (κ3) is 8.39. The van der Waals surface area contributed by atoms with E-state index in [4.69, 9.17) is 0 Å². The Labute approximate surface area is 119 Å². The maximum atomic E-state index is 11.7. The Morgan fingerprint density at radius 2 is 1.40 bits per heavy atom. The quantitative estimate of drug-likeness (QED) is 0.611. The first-order valence-corrected chi connectivity index (χ1v) is 6.83. The summed E-state index contributed by atoms with van der Waals surface area (Å²) in [7, 11) is 0. The van der Waals surface area contributed by atoms with E-state index < -0.39 is 12.1 Å². The largest absolute Gasteiger partial charge is 0.345 e. The fraction of sp³-hybridized carbons (Fsp3) is 0.714. The summed E-state index contributed by atoms with van der Waals surface area (Å²) >= 11 is 0. The second-order valence-electron chi connectivity index (χ2n) is 5.04. The van der Waals surface area contributed by atoms with Gasteiger partial charge in [-0.05, 0) is 40.5 Å². The third-order valence-electron chi connectivity index (χ3n) is 2.92. The molecule has 0 bridgehead atoms. The number of amides is 2. The van der Waals surface area contributed by atoms with Crippen LogP contribution in [0.1, 0.15) is 53.4 Å². The lowest BCUT2D eigenvalue weighted by atomic mass is 10.1. The minimum absolute atomic E-state index is 0.108. The maximum absolute atomic E-state index is 11.7. The van der Waals surface area contributed by atoms with Crippen LogP contribution >= 0.6 is 0 Å². The maximum Gasteiger partial charge on any atom is 0.242 e. The SMILES string of the molecule is CC(=O)CCCCC(=O)NC(C)C(=O)NC(C)C(C)=O. The zero-order valence-electron chi connectivity index (χ0n) is 12.6. The number of carbonyl (C=O) groups excluding carboxylic acids is 4. The number of rotatable bonds is 9. The van der Waals surface area contributed by atoms with Gasteiger partial charge in [-0.1, -0.05) is 0 Å². The first kappa shape index (κ1) is 18.3. The molecule has 0 aromatic heterocycles. The fourth-order valence-electron chi connectivity index (χ4n) is 1.48. The molecule has 0 saturated heterocycles. The number of Topliss-reactive ketones (excluding diaryl/α,β-unsaturated/α-hetero) is 2. The highest BCUT2D eigenvalue weighted by Crippen LogP contribution is 2.01. The fourth-order valence-corrected chi connectivity index (χ4v) is 1.48. The van der Waals surface area contributed by atoms with Gasteiger partial charge < -0.3 is 15.4 Å². The summed E-state index contributed by atoms with van der Waals surface area (Å²) in [6, 6.07) is -1.24. The molecule has 0 aromatic carbocycles. The van der Waals surface area contributed by atoms with E-state index in [0.29, 0.717) is 19.3 Å². The topological polar surface area (TPSA) is 92.3 Å². The van der Waals surface area contributed by atoms with E-state index in [-0.39, 0.29) is 29.8 Å². The number of carbonyl (C=O) groups is 4. The predicted octanol–water partition coefficient (Wildman–Crippen LogP) is 0.734. The van der Waals surface area contributed by atoms with Crippen LogP contribution in [0.15, 0.2) is 0 Å². The summed E-state index contributed by atoms with van der Waals surface area (Å²) in [6.07, 6.45) is 2.04. The van der Waals surface area contributed by atoms with Gasteiger partial charge in [0.25, 0.3) is 0 Å². The van der Waals surface area contributed by atoms with Crippen LogP contribution in [0, 0.1) is 0 Å². The molecule has 0 radical (unpaired) electrons. The van der Waals surface area contributed by atoms with E-state index in [1.165, 1.54) is 13.8 Å². The van der Waals surface area contributed by atoms with Gasteiger partial charge in [0.15, 0.2) is 5.78 Å². The molecule has 0 aliphatic carbocycles. The van der Waals surface area contributed by atoms with Gasteiger partial charge in [-0.2, -0.15) is 0 Å². The summed E-state index contributed by atoms with van der Waals surface area (Å²) in [6.45, 7) is 6.07. The first-order chi connectivity index (χ1) is 9.23. The van der Waals surface area contributed by atoms with E-state index in [9.17, 15) is 19.2 Å². The van der Waals surface area contributed by atoms with Crippen LogP contribution in [0.25, 0.3) is 0 Å². The van der Waals surface area contributed by atoms with E-state index in [2.05, 4.69) is 10.6 Å². The summed E-state index contributed by atoms with van der Waals surface area (Å²) in [5, 5.41) is 5.08. The van der Waals surface area contributed by atoms with E-state index in [1.807, 2.05) is 0 Å². The highest BCUT2D eigenvalue weighted by Gasteiger charge is 2.18. The molecule has 0 aromatic rings. The van der Waals surface area contributed by atoms with Gasteiger partial charge in [-0.3, -0.25) is 14.4 Å². The Hall–Kier alpha value is -1.72. The van der Waals surface area contributed by atoms with E-state index in [0.717, 1.165) is 0 Å². The van der Waals surface area contributed by atoms with Crippen LogP contribution < -0.4 is 10.6 Å². The van der Waals surface area contributed by atoms with Crippen molar-refractivity contribution >= 4 is 23.4 Å². The van der Waals surface area contributed by atoms with Crippen LogP contribution in [-0.2, 0) is 19.2 Å². The number of hydrogen-bond acceptors (Lipinski definition) is 4. The molecule has 0 spiro atoms. The molecule has 0 saturated carbocycles. The molecule has 0 heterocycles. The predicted molar refractivity (Wildman–Crippen MR) is 75.0 cm³/mol. The van der Waals surface area contributed by atoms with Crippen molar-refractivity contribution in [2.45, 2.75) is 65.5 Å². The molecule has 2 unspecified atom stereocenters. The Morgan fingerprint density at radius 3 is 1.90 bits per heavy atom. The molecule has 0 aliphatic rings. The zero-order valence-corrected chi connectivity index (χ0v) is 12.6. The minimum atomic E-state index is -0.683. The van der Waals surface area contributed by atoms with E-state index >= 15 is 0 Å². The molecular formula is C14H24N2O4. The molecule has 2 atom stereocenters. The lowest BCUT2D eigenvalue weighted by molar-refractivity contribution is -0.130. The molecule has 2 N–H and O–H groups in total. The standard InChI is InChI=1S/C14H24N2O4/c1-9(17)7-5-6-8-13(19)15-11(3)14(20)16-10(2)12(4)18/h10-11H,5-8H2,1-4H3,(H,15,19)(H,16,20). The lowest BCUT2D eigenvalue weighted by Crippen LogP contribution is -2.48. The highest BCUT2D eigenvalue weighted by molar-refractivity contribution is 5.91. The van der Waals surface area contributed by atoms with Crippen molar-refractivity contribution in [3.05, 3.63) is 0 Å². The van der Waals surface area contributed by atoms with Crippen LogP contribution in [0.4, 0.5) is 0 Å². The first-order valence-electron chi connectivity index (χ1n) is 6.83. The molecule has 20 heavy (non-hydrogen) atoms. The Kier molecular flexibility index (Phi) is 8.43. The van der Waals surface area contributed by atoms with Gasteiger partial charge in [-0.25, -0.2) is 0 Å². The summed E-state index contributed by atoms with van der Waals surface area (Å²) < 4.78 is 0. The van der Waals surface area contributed by atoms with Crippen LogP contribution in [0.3, 0.4) is 0 Å². The van der Waals surface area contributed by atoms with Crippen molar-refractivity contribution in [1.29, 1.82) is 0 Å². The summed E-state index contributed by atoms with van der Waals surface area (Å²) in [5.74, 6) is -0.644. The second kappa shape index (κ2) is 9.23. The number of ketones is 2. The average molecular weight is 284 g/mol. The Bertz CT molecular complexity index is 379. The van der Waals surface area contributed by atoms with E-state index in [1.54, 1.807) is 13.8 Å². The minimum Gasteiger partial charge on any atom is -0.345 e. The zero-order chi connectivity index (χ0) is 15.7. The van der Waals surface area contributed by atoms with Crippen molar-refractivity contribution in [3.8, 4) is 0 Å². The van der Waals surface area contributed by atoms with Gasteiger partial charge in [0.05, 0.1) is 6.04 Å². The van der Waals surface area contributed by atoms with Crippen molar-refractivity contribution in [3.63, 3.8) is 0 Å². The molecule has 2 amide bonds. The smallest absolute Gasteiger partial charge is 0.242 e. The van der Waals surface area contributed by atoms with Crippen molar-refractivity contribution in [2.75, 3.05) is 0 Å². The van der Waals surface area contributed by atoms with Gasteiger partial charge in [0.1, 0.15) is 11.8 Å². The normalized spacial score (nSPS) is 13.2. The average Bonchev–Trinajstić information content (AvgIpc) is 2.33. The second-order valence-corrected chi connectivity index (χ2v) is 5.04. The molecule has 6 heteroatoms. The van der Waals surface area contributed by atoms with Gasteiger partial charge >= 0.3 is 0 Å². The molecule has 0 fully saturated rings. The van der Waals surface area contributed by atoms with Crippen molar-refractivity contribution in [1.82, 2.24) is 10.6 Å². The van der Waals surface area contributed by atoms with Crippen LogP contribution in [-0.4, -0.2) is 35.5 Å². The summed E-state index contributed by atoms with van der Waals surface area (Å²) in [4.78, 5) is 45.0. The highest BCUT2D eigenvalue weighted by atomic mass is 16.2. The monoisotopic (exact) mass is 284 g/mol. The number of hydrogen-bond donors (Lipinski definition) is 2. The molecule has 0 rings (SSSR count). The number of unbranched alkanes of at least 4 members (excludes halogenated alkanes) is 1.